The van der Waals surface area contributed by atoms with Crippen LogP contribution in [0.2, 0.25) is 0 Å². The zero-order valence-electron chi connectivity index (χ0n) is 11.7. The third kappa shape index (κ3) is 3.84. The Bertz CT molecular complexity index is 558. The molecule has 2 heteroatoms. The maximum absolute atomic E-state index is 5.92. The minimum absolute atomic E-state index is 0.714. The Balaban J connectivity index is 1.98. The first-order valence-corrected chi connectivity index (χ1v) is 7.30. The van der Waals surface area contributed by atoms with E-state index in [1.807, 2.05) is 0 Å². The van der Waals surface area contributed by atoms with E-state index in [4.69, 9.17) is 4.74 Å². The predicted molar refractivity (Wildman–Crippen MR) is 84.0 cm³/mol. The van der Waals surface area contributed by atoms with Crippen molar-refractivity contribution in [3.05, 3.63) is 63.1 Å². The van der Waals surface area contributed by atoms with E-state index in [0.29, 0.717) is 6.61 Å². The molecule has 0 heterocycles. The van der Waals surface area contributed by atoms with Gasteiger partial charge in [0.05, 0.1) is 6.61 Å². The summed E-state index contributed by atoms with van der Waals surface area (Å²) in [5.41, 5.74) is 5.08. The van der Waals surface area contributed by atoms with E-state index in [0.717, 1.165) is 16.6 Å². The van der Waals surface area contributed by atoms with E-state index >= 15 is 0 Å². The van der Waals surface area contributed by atoms with E-state index in [9.17, 15) is 0 Å². The summed E-state index contributed by atoms with van der Waals surface area (Å²) in [6.07, 6.45) is 0.930. The molecule has 0 N–H and O–H groups in total. The molecule has 0 aromatic heterocycles. The Kier molecular flexibility index (Phi) is 4.65. The number of ether oxygens (including phenoxy) is 1. The van der Waals surface area contributed by atoms with Crippen LogP contribution in [0, 0.1) is 20.8 Å². The third-order valence-corrected chi connectivity index (χ3v) is 3.85. The normalized spacial score (nSPS) is 10.5. The van der Waals surface area contributed by atoms with Gasteiger partial charge in [0.2, 0.25) is 0 Å². The summed E-state index contributed by atoms with van der Waals surface area (Å²) in [6, 6.07) is 12.7. The maximum Gasteiger partial charge on any atom is 0.122 e. The fraction of sp³-hybridized carbons (Fsp3) is 0.294. The summed E-state index contributed by atoms with van der Waals surface area (Å²) in [5.74, 6) is 1.01. The van der Waals surface area contributed by atoms with Crippen molar-refractivity contribution in [1.29, 1.82) is 0 Å². The highest BCUT2D eigenvalue weighted by atomic mass is 79.9. The molecule has 0 radical (unpaired) electrons. The Labute approximate surface area is 123 Å². The van der Waals surface area contributed by atoms with Crippen molar-refractivity contribution in [1.82, 2.24) is 0 Å². The fourth-order valence-electron chi connectivity index (χ4n) is 2.08. The first-order valence-electron chi connectivity index (χ1n) is 6.51. The molecule has 1 nitrogen and oxygen atoms in total. The van der Waals surface area contributed by atoms with Crippen molar-refractivity contribution in [3.63, 3.8) is 0 Å². The van der Waals surface area contributed by atoms with E-state index in [1.165, 1.54) is 22.3 Å². The first kappa shape index (κ1) is 14.1. The molecule has 0 amide bonds. The van der Waals surface area contributed by atoms with Gasteiger partial charge in [-0.1, -0.05) is 34.1 Å². The van der Waals surface area contributed by atoms with Crippen LogP contribution in [0.4, 0.5) is 0 Å². The number of hydrogen-bond acceptors (Lipinski definition) is 1. The Morgan fingerprint density at radius 1 is 1.00 bits per heavy atom. The van der Waals surface area contributed by atoms with Crippen molar-refractivity contribution in [2.75, 3.05) is 6.61 Å². The van der Waals surface area contributed by atoms with Crippen molar-refractivity contribution >= 4 is 15.9 Å². The highest BCUT2D eigenvalue weighted by molar-refractivity contribution is 9.10. The molecule has 0 fully saturated rings. The second kappa shape index (κ2) is 6.25. The fourth-order valence-corrected chi connectivity index (χ4v) is 2.34. The van der Waals surface area contributed by atoms with Gasteiger partial charge in [-0.15, -0.1) is 0 Å². The number of rotatable bonds is 4. The van der Waals surface area contributed by atoms with Crippen LogP contribution in [-0.4, -0.2) is 6.61 Å². The Morgan fingerprint density at radius 2 is 1.68 bits per heavy atom. The molecular formula is C17H19BrO. The second-order valence-electron chi connectivity index (χ2n) is 4.93. The van der Waals surface area contributed by atoms with Crippen LogP contribution in [0.1, 0.15) is 22.3 Å². The summed E-state index contributed by atoms with van der Waals surface area (Å²) in [5, 5.41) is 0. The largest absolute Gasteiger partial charge is 0.493 e. The van der Waals surface area contributed by atoms with Gasteiger partial charge in [0.15, 0.2) is 0 Å². The van der Waals surface area contributed by atoms with Crippen LogP contribution in [-0.2, 0) is 6.42 Å². The third-order valence-electron chi connectivity index (χ3n) is 3.33. The van der Waals surface area contributed by atoms with Gasteiger partial charge in [0, 0.05) is 10.9 Å². The summed E-state index contributed by atoms with van der Waals surface area (Å²) in [4.78, 5) is 0. The van der Waals surface area contributed by atoms with Gasteiger partial charge in [-0.05, 0) is 61.2 Å². The molecule has 0 aliphatic carbocycles. The lowest BCUT2D eigenvalue weighted by Gasteiger charge is -2.12. The molecule has 0 atom stereocenters. The van der Waals surface area contributed by atoms with E-state index in [2.05, 4.69) is 73.1 Å². The Morgan fingerprint density at radius 3 is 2.37 bits per heavy atom. The lowest BCUT2D eigenvalue weighted by molar-refractivity contribution is 0.319. The standard InChI is InChI=1S/C17H19BrO/c1-12-10-13(2)14(3)17(11-12)19-9-8-15-4-6-16(18)7-5-15/h4-7,10-11H,8-9H2,1-3H3. The number of benzene rings is 2. The van der Waals surface area contributed by atoms with Crippen LogP contribution < -0.4 is 4.74 Å². The van der Waals surface area contributed by atoms with Gasteiger partial charge in [0.1, 0.15) is 5.75 Å². The van der Waals surface area contributed by atoms with Crippen molar-refractivity contribution in [2.45, 2.75) is 27.2 Å². The molecule has 0 aliphatic heterocycles. The van der Waals surface area contributed by atoms with Crippen LogP contribution >= 0.6 is 15.9 Å². The molecule has 2 rings (SSSR count). The lowest BCUT2D eigenvalue weighted by atomic mass is 10.1. The van der Waals surface area contributed by atoms with Gasteiger partial charge in [0.25, 0.3) is 0 Å². The lowest BCUT2D eigenvalue weighted by Crippen LogP contribution is -2.03. The van der Waals surface area contributed by atoms with Gasteiger partial charge in [-0.3, -0.25) is 0 Å². The van der Waals surface area contributed by atoms with Crippen molar-refractivity contribution in [2.24, 2.45) is 0 Å². The molecule has 2 aromatic carbocycles. The minimum Gasteiger partial charge on any atom is -0.493 e. The zero-order valence-corrected chi connectivity index (χ0v) is 13.3. The van der Waals surface area contributed by atoms with Crippen LogP contribution in [0.25, 0.3) is 0 Å². The minimum atomic E-state index is 0.714. The zero-order chi connectivity index (χ0) is 13.8. The molecular weight excluding hydrogens is 300 g/mol. The number of aryl methyl sites for hydroxylation is 2. The highest BCUT2D eigenvalue weighted by Crippen LogP contribution is 2.23. The van der Waals surface area contributed by atoms with Gasteiger partial charge >= 0.3 is 0 Å². The summed E-state index contributed by atoms with van der Waals surface area (Å²) in [7, 11) is 0. The summed E-state index contributed by atoms with van der Waals surface area (Å²) < 4.78 is 7.03. The predicted octanol–water partition coefficient (Wildman–Crippen LogP) is 5.00. The molecule has 0 spiro atoms. The molecule has 2 aromatic rings. The van der Waals surface area contributed by atoms with Crippen molar-refractivity contribution in [3.8, 4) is 5.75 Å². The smallest absolute Gasteiger partial charge is 0.122 e. The van der Waals surface area contributed by atoms with Crippen LogP contribution in [0.15, 0.2) is 40.9 Å². The summed E-state index contributed by atoms with van der Waals surface area (Å²) >= 11 is 3.44. The van der Waals surface area contributed by atoms with E-state index < -0.39 is 0 Å². The second-order valence-corrected chi connectivity index (χ2v) is 5.85. The Hall–Kier alpha value is -1.28. The molecule has 100 valence electrons. The molecule has 19 heavy (non-hydrogen) atoms. The molecule has 0 saturated carbocycles. The topological polar surface area (TPSA) is 9.23 Å². The SMILES string of the molecule is Cc1cc(C)c(C)c(OCCc2ccc(Br)cc2)c1. The number of halogens is 1. The van der Waals surface area contributed by atoms with Gasteiger partial charge < -0.3 is 4.74 Å². The van der Waals surface area contributed by atoms with Crippen LogP contribution in [0.3, 0.4) is 0 Å². The van der Waals surface area contributed by atoms with Gasteiger partial charge in [-0.25, -0.2) is 0 Å². The van der Waals surface area contributed by atoms with Gasteiger partial charge in [-0.2, -0.15) is 0 Å². The molecule has 0 bridgehead atoms. The van der Waals surface area contributed by atoms with E-state index in [1.54, 1.807) is 0 Å². The summed E-state index contributed by atoms with van der Waals surface area (Å²) in [6.45, 7) is 7.06. The maximum atomic E-state index is 5.92. The first-order chi connectivity index (χ1) is 9.06. The number of hydrogen-bond donors (Lipinski definition) is 0. The average molecular weight is 319 g/mol. The monoisotopic (exact) mass is 318 g/mol. The molecule has 0 saturated heterocycles. The average Bonchev–Trinajstić information content (AvgIpc) is 2.37. The van der Waals surface area contributed by atoms with E-state index in [-0.39, 0.29) is 0 Å². The highest BCUT2D eigenvalue weighted by Gasteiger charge is 2.04. The van der Waals surface area contributed by atoms with Crippen LogP contribution in [0.5, 0.6) is 5.75 Å². The quantitative estimate of drug-likeness (QED) is 0.771. The van der Waals surface area contributed by atoms with Crippen molar-refractivity contribution < 1.29 is 4.74 Å². The molecule has 0 aliphatic rings. The molecule has 0 unspecified atom stereocenters.